The average molecular weight is 539 g/mol. The Morgan fingerprint density at radius 2 is 2.00 bits per heavy atom. The number of pyridine rings is 1. The van der Waals surface area contributed by atoms with Gasteiger partial charge in [-0.25, -0.2) is 14.6 Å². The lowest BCUT2D eigenvalue weighted by atomic mass is 10.1. The van der Waals surface area contributed by atoms with Crippen LogP contribution in [0.15, 0.2) is 67.1 Å². The van der Waals surface area contributed by atoms with Crippen molar-refractivity contribution >= 4 is 23.0 Å². The van der Waals surface area contributed by atoms with E-state index in [1.807, 2.05) is 6.92 Å². The summed E-state index contributed by atoms with van der Waals surface area (Å²) in [6.45, 7) is 5.75. The number of hydrazine groups is 1. The predicted octanol–water partition coefficient (Wildman–Crippen LogP) is 3.93. The molecule has 1 aliphatic rings. The van der Waals surface area contributed by atoms with Crippen molar-refractivity contribution in [2.24, 2.45) is 11.6 Å². The summed E-state index contributed by atoms with van der Waals surface area (Å²) in [6, 6.07) is 12.5. The molecule has 3 aromatic rings. The van der Waals surface area contributed by atoms with Crippen LogP contribution in [0.25, 0.3) is 5.70 Å². The Bertz CT molecular complexity index is 1300. The Kier molecular flexibility index (Phi) is 9.42. The highest BCUT2D eigenvalue weighted by molar-refractivity contribution is 6.05. The fraction of sp³-hybridized carbons (Fsp3) is 0.286. The zero-order valence-corrected chi connectivity index (χ0v) is 21.6. The number of amides is 1. The first-order chi connectivity index (χ1) is 18.8. The second-order valence-corrected chi connectivity index (χ2v) is 9.05. The number of ether oxygens (including phenoxy) is 2. The normalized spacial score (nSPS) is 14.3. The zero-order chi connectivity index (χ0) is 27.8. The van der Waals surface area contributed by atoms with Crippen molar-refractivity contribution in [3.8, 4) is 5.75 Å². The van der Waals surface area contributed by atoms with Gasteiger partial charge in [0.25, 0.3) is 12.3 Å². The fourth-order valence-electron chi connectivity index (χ4n) is 4.07. The number of carbonyl (C=O) groups excluding carboxylic acids is 1. The van der Waals surface area contributed by atoms with Crippen LogP contribution in [0.2, 0.25) is 0 Å². The topological polar surface area (TPSA) is 119 Å². The lowest BCUT2D eigenvalue weighted by Gasteiger charge is -2.26. The molecule has 0 spiro atoms. The van der Waals surface area contributed by atoms with Gasteiger partial charge in [-0.1, -0.05) is 6.07 Å². The van der Waals surface area contributed by atoms with Gasteiger partial charge in [-0.3, -0.25) is 19.7 Å². The Hall–Kier alpha value is -4.06. The number of carbonyl (C=O) groups is 1. The number of nitrogens with one attached hydrogen (secondary N) is 1. The second-order valence-electron chi connectivity index (χ2n) is 9.05. The van der Waals surface area contributed by atoms with E-state index in [-0.39, 0.29) is 16.8 Å². The third-order valence-electron chi connectivity index (χ3n) is 6.30. The maximum Gasteiger partial charge on any atom is 0.263 e. The first-order valence-electron chi connectivity index (χ1n) is 12.5. The van der Waals surface area contributed by atoms with Gasteiger partial charge in [0.1, 0.15) is 12.4 Å². The molecule has 11 heteroatoms. The molecule has 5 N–H and O–H groups in total. The average Bonchev–Trinajstić information content (AvgIpc) is 2.94. The van der Waals surface area contributed by atoms with Crippen molar-refractivity contribution in [2.75, 3.05) is 49.8 Å². The van der Waals surface area contributed by atoms with Gasteiger partial charge in [-0.15, -0.1) is 0 Å². The Morgan fingerprint density at radius 3 is 2.72 bits per heavy atom. The maximum absolute atomic E-state index is 13.4. The molecule has 0 saturated carbocycles. The third-order valence-corrected chi connectivity index (χ3v) is 6.30. The van der Waals surface area contributed by atoms with Crippen molar-refractivity contribution in [2.45, 2.75) is 13.3 Å². The first kappa shape index (κ1) is 28.0. The minimum Gasteiger partial charge on any atom is -0.490 e. The van der Waals surface area contributed by atoms with Crippen molar-refractivity contribution in [1.29, 1.82) is 0 Å². The molecule has 0 unspecified atom stereocenters. The number of aryl methyl sites for hydroxylation is 1. The van der Waals surface area contributed by atoms with Gasteiger partial charge in [-0.05, 0) is 55.0 Å². The molecular weight excluding hydrogens is 506 g/mol. The van der Waals surface area contributed by atoms with Crippen LogP contribution in [0.1, 0.15) is 33.5 Å². The molecule has 0 atom stereocenters. The number of rotatable bonds is 10. The van der Waals surface area contributed by atoms with Crippen molar-refractivity contribution in [3.05, 3.63) is 89.4 Å². The molecular formula is C28H32F2N6O3. The van der Waals surface area contributed by atoms with Crippen LogP contribution in [0.3, 0.4) is 0 Å². The Balaban J connectivity index is 1.51. The summed E-state index contributed by atoms with van der Waals surface area (Å²) in [5.74, 6) is 6.06. The van der Waals surface area contributed by atoms with E-state index in [0.29, 0.717) is 49.1 Å². The first-order valence-corrected chi connectivity index (χ1v) is 12.5. The summed E-state index contributed by atoms with van der Waals surface area (Å²) in [5.41, 5.74) is 8.80. The summed E-state index contributed by atoms with van der Waals surface area (Å²) < 4.78 is 38.1. The third kappa shape index (κ3) is 7.50. The van der Waals surface area contributed by atoms with Crippen molar-refractivity contribution in [1.82, 2.24) is 9.88 Å². The highest BCUT2D eigenvalue weighted by atomic mass is 19.3. The molecule has 2 aromatic carbocycles. The van der Waals surface area contributed by atoms with Gasteiger partial charge in [0.15, 0.2) is 0 Å². The number of hydrogen-bond donors (Lipinski definition) is 3. The van der Waals surface area contributed by atoms with Crippen molar-refractivity contribution < 1.29 is 23.0 Å². The van der Waals surface area contributed by atoms with E-state index < -0.39 is 12.3 Å². The van der Waals surface area contributed by atoms with E-state index in [1.54, 1.807) is 42.7 Å². The van der Waals surface area contributed by atoms with E-state index >= 15 is 0 Å². The smallest absolute Gasteiger partial charge is 0.263 e. The minimum absolute atomic E-state index is 0.159. The molecule has 0 radical (unpaired) electrons. The number of anilines is 2. The van der Waals surface area contributed by atoms with E-state index in [1.165, 1.54) is 29.4 Å². The van der Waals surface area contributed by atoms with Crippen LogP contribution in [-0.2, 0) is 4.74 Å². The largest absolute Gasteiger partial charge is 0.490 e. The quantitative estimate of drug-likeness (QED) is 0.263. The molecule has 0 aliphatic carbocycles. The van der Waals surface area contributed by atoms with E-state index in [9.17, 15) is 13.6 Å². The van der Waals surface area contributed by atoms with Crippen molar-refractivity contribution in [3.63, 3.8) is 0 Å². The summed E-state index contributed by atoms with van der Waals surface area (Å²) in [5, 5.41) is 4.05. The highest BCUT2D eigenvalue weighted by Crippen LogP contribution is 2.31. The van der Waals surface area contributed by atoms with Crippen LogP contribution in [0, 0.1) is 6.92 Å². The van der Waals surface area contributed by atoms with Crippen LogP contribution in [-0.4, -0.2) is 55.2 Å². The second kappa shape index (κ2) is 13.1. The molecule has 9 nitrogen and oxygen atoms in total. The summed E-state index contributed by atoms with van der Waals surface area (Å²) >= 11 is 0. The fourth-order valence-corrected chi connectivity index (χ4v) is 4.07. The molecule has 4 rings (SSSR count). The molecule has 2 heterocycles. The van der Waals surface area contributed by atoms with Gasteiger partial charge in [-0.2, -0.15) is 0 Å². The van der Waals surface area contributed by atoms with Crippen LogP contribution >= 0.6 is 0 Å². The molecule has 1 saturated heterocycles. The summed E-state index contributed by atoms with van der Waals surface area (Å²) in [6.07, 6.45) is 2.09. The Labute approximate surface area is 226 Å². The number of halogens is 2. The van der Waals surface area contributed by atoms with Gasteiger partial charge >= 0.3 is 0 Å². The van der Waals surface area contributed by atoms with Gasteiger partial charge in [0.05, 0.1) is 30.3 Å². The molecule has 1 aliphatic heterocycles. The number of benzene rings is 2. The number of nitrogens with two attached hydrogens (primary N) is 2. The van der Waals surface area contributed by atoms with Gasteiger partial charge in [0, 0.05) is 54.9 Å². The number of morpholine rings is 1. The van der Waals surface area contributed by atoms with Crippen LogP contribution in [0.5, 0.6) is 5.75 Å². The van der Waals surface area contributed by atoms with E-state index in [0.717, 1.165) is 18.7 Å². The molecule has 0 bridgehead atoms. The monoisotopic (exact) mass is 538 g/mol. The minimum atomic E-state index is -2.70. The zero-order valence-electron chi connectivity index (χ0n) is 21.6. The van der Waals surface area contributed by atoms with Crippen LogP contribution in [0.4, 0.5) is 20.2 Å². The van der Waals surface area contributed by atoms with Gasteiger partial charge in [0.2, 0.25) is 0 Å². The highest BCUT2D eigenvalue weighted by Gasteiger charge is 2.17. The summed E-state index contributed by atoms with van der Waals surface area (Å²) in [7, 11) is 0. The SMILES string of the molecule is Cc1ccc(C(=O)Nc2cc(C(F)F)ccc2OCCN2CCOCC2)cc1N(N)/C=C(\N)c1cccnc1. The van der Waals surface area contributed by atoms with E-state index in [2.05, 4.69) is 15.2 Å². The molecule has 1 aromatic heterocycles. The number of alkyl halides is 2. The maximum atomic E-state index is 13.4. The number of aromatic nitrogens is 1. The lowest BCUT2D eigenvalue weighted by Crippen LogP contribution is -2.38. The standard InChI is InChI=1S/C28H32F2N6O3/c1-19-4-5-21(16-25(19)36(32)18-23(31)22-3-2-8-33-17-22)28(37)34-24-15-20(27(29)30)6-7-26(24)39-14-11-35-9-12-38-13-10-35/h2-8,15-18,27H,9-14,31-32H2,1H3,(H,34,37)/b23-18-. The predicted molar refractivity (Wildman–Crippen MR) is 146 cm³/mol. The van der Waals surface area contributed by atoms with E-state index in [4.69, 9.17) is 21.1 Å². The Morgan fingerprint density at radius 1 is 1.21 bits per heavy atom. The van der Waals surface area contributed by atoms with Crippen LogP contribution < -0.4 is 26.6 Å². The lowest BCUT2D eigenvalue weighted by molar-refractivity contribution is 0.0323. The molecule has 1 fully saturated rings. The number of nitrogens with zero attached hydrogens (tertiary/aromatic N) is 3. The number of hydrogen-bond acceptors (Lipinski definition) is 8. The molecule has 206 valence electrons. The molecule has 1 amide bonds. The summed E-state index contributed by atoms with van der Waals surface area (Å²) in [4.78, 5) is 19.5. The molecule has 39 heavy (non-hydrogen) atoms. The van der Waals surface area contributed by atoms with Gasteiger partial charge < -0.3 is 20.5 Å².